The number of H-pyrrole nitrogens is 1. The first-order valence-electron chi connectivity index (χ1n) is 9.11. The first-order chi connectivity index (χ1) is 13.3. The minimum Gasteiger partial charge on any atom is -0.493 e. The molecular weight excluding hydrogens is 360 g/mol. The molecule has 28 heavy (non-hydrogen) atoms. The Bertz CT molecular complexity index is 857. The van der Waals surface area contributed by atoms with Gasteiger partial charge < -0.3 is 19.2 Å². The molecule has 2 aromatic rings. The number of ketones is 1. The van der Waals surface area contributed by atoms with Crippen LogP contribution in [-0.2, 0) is 11.3 Å². The number of hydrogen-bond donors (Lipinski definition) is 1. The van der Waals surface area contributed by atoms with Crippen molar-refractivity contribution in [3.05, 3.63) is 46.3 Å². The number of aryl methyl sites for hydroxylation is 1. The highest BCUT2D eigenvalue weighted by Gasteiger charge is 2.23. The van der Waals surface area contributed by atoms with Crippen molar-refractivity contribution in [1.82, 2.24) is 9.88 Å². The second-order valence-corrected chi connectivity index (χ2v) is 6.59. The zero-order valence-corrected chi connectivity index (χ0v) is 17.3. The van der Waals surface area contributed by atoms with Crippen LogP contribution in [0.25, 0.3) is 0 Å². The Labute approximate surface area is 165 Å². The lowest BCUT2D eigenvalue weighted by molar-refractivity contribution is 0.0519. The molecule has 0 saturated heterocycles. The van der Waals surface area contributed by atoms with Crippen LogP contribution in [0.2, 0.25) is 0 Å². The van der Waals surface area contributed by atoms with E-state index >= 15 is 0 Å². The quantitative estimate of drug-likeness (QED) is 0.525. The molecule has 2 rings (SSSR count). The van der Waals surface area contributed by atoms with Gasteiger partial charge in [0.15, 0.2) is 17.3 Å². The number of aromatic amines is 1. The van der Waals surface area contributed by atoms with Gasteiger partial charge in [-0.2, -0.15) is 0 Å². The molecule has 0 saturated carbocycles. The molecule has 0 aliphatic heterocycles. The molecule has 1 aromatic carbocycles. The lowest BCUT2D eigenvalue weighted by Gasteiger charge is -2.19. The van der Waals surface area contributed by atoms with Gasteiger partial charge in [-0.15, -0.1) is 0 Å². The van der Waals surface area contributed by atoms with Crippen LogP contribution >= 0.6 is 0 Å². The second-order valence-electron chi connectivity index (χ2n) is 6.59. The summed E-state index contributed by atoms with van der Waals surface area (Å²) in [6, 6.07) is 5.66. The first kappa shape index (κ1) is 21.5. The summed E-state index contributed by atoms with van der Waals surface area (Å²) in [6.45, 7) is 6.28. The fraction of sp³-hybridized carbons (Fsp3) is 0.429. The van der Waals surface area contributed by atoms with Crippen LogP contribution in [0.3, 0.4) is 0 Å². The van der Waals surface area contributed by atoms with Gasteiger partial charge >= 0.3 is 5.97 Å². The summed E-state index contributed by atoms with van der Waals surface area (Å²) in [6.07, 6.45) is 0. The summed E-state index contributed by atoms with van der Waals surface area (Å²) >= 11 is 0. The molecule has 7 nitrogen and oxygen atoms in total. The Morgan fingerprint density at radius 1 is 1.14 bits per heavy atom. The summed E-state index contributed by atoms with van der Waals surface area (Å²) in [5.41, 5.74) is 3.07. The topological polar surface area (TPSA) is 80.9 Å². The zero-order chi connectivity index (χ0) is 20.8. The highest BCUT2D eigenvalue weighted by molar-refractivity contribution is 6.03. The van der Waals surface area contributed by atoms with Gasteiger partial charge in [-0.05, 0) is 39.4 Å². The van der Waals surface area contributed by atoms with E-state index in [0.717, 1.165) is 5.56 Å². The number of hydrogen-bond acceptors (Lipinski definition) is 6. The Balaban J connectivity index is 2.17. The number of carbonyl (C=O) groups excluding carboxylic acids is 2. The van der Waals surface area contributed by atoms with E-state index in [9.17, 15) is 9.59 Å². The van der Waals surface area contributed by atoms with Gasteiger partial charge in [0.25, 0.3) is 0 Å². The van der Waals surface area contributed by atoms with E-state index in [1.54, 1.807) is 35.0 Å². The van der Waals surface area contributed by atoms with E-state index in [-0.39, 0.29) is 18.9 Å². The number of ether oxygens (including phenoxy) is 3. The van der Waals surface area contributed by atoms with E-state index in [1.807, 2.05) is 30.1 Å². The fourth-order valence-electron chi connectivity index (χ4n) is 3.32. The number of nitrogens with one attached hydrogen (secondary N) is 1. The van der Waals surface area contributed by atoms with E-state index in [4.69, 9.17) is 14.2 Å². The van der Waals surface area contributed by atoms with Crippen molar-refractivity contribution in [2.45, 2.75) is 27.3 Å². The van der Waals surface area contributed by atoms with Crippen molar-refractivity contribution in [3.63, 3.8) is 0 Å². The van der Waals surface area contributed by atoms with Crippen molar-refractivity contribution in [2.75, 3.05) is 34.4 Å². The van der Waals surface area contributed by atoms with E-state index in [1.165, 1.54) is 0 Å². The summed E-state index contributed by atoms with van der Waals surface area (Å²) < 4.78 is 15.8. The van der Waals surface area contributed by atoms with E-state index in [2.05, 4.69) is 4.98 Å². The van der Waals surface area contributed by atoms with Gasteiger partial charge in [0.05, 0.1) is 27.4 Å². The third-order valence-electron chi connectivity index (χ3n) is 4.53. The predicted molar refractivity (Wildman–Crippen MR) is 106 cm³/mol. The number of benzene rings is 1. The van der Waals surface area contributed by atoms with Gasteiger partial charge in [-0.1, -0.05) is 12.1 Å². The third-order valence-corrected chi connectivity index (χ3v) is 4.53. The summed E-state index contributed by atoms with van der Waals surface area (Å²) in [5.74, 6) is 0.793. The number of methoxy groups -OCH3 is 2. The van der Waals surface area contributed by atoms with Crippen molar-refractivity contribution in [3.8, 4) is 11.5 Å². The number of carbonyl (C=O) groups is 2. The van der Waals surface area contributed by atoms with Crippen LogP contribution in [0, 0.1) is 13.8 Å². The highest BCUT2D eigenvalue weighted by atomic mass is 16.5. The van der Waals surface area contributed by atoms with Crippen molar-refractivity contribution >= 4 is 11.8 Å². The largest absolute Gasteiger partial charge is 0.493 e. The highest BCUT2D eigenvalue weighted by Crippen LogP contribution is 2.31. The molecule has 0 radical (unpaired) electrons. The molecule has 0 aliphatic rings. The molecule has 152 valence electrons. The van der Waals surface area contributed by atoms with Gasteiger partial charge in [-0.25, -0.2) is 4.79 Å². The molecule has 0 atom stereocenters. The second kappa shape index (κ2) is 9.41. The maximum Gasteiger partial charge on any atom is 0.355 e. The maximum atomic E-state index is 12.9. The van der Waals surface area contributed by atoms with Crippen molar-refractivity contribution < 1.29 is 23.8 Å². The van der Waals surface area contributed by atoms with Crippen LogP contribution in [0.5, 0.6) is 11.5 Å². The summed E-state index contributed by atoms with van der Waals surface area (Å²) in [4.78, 5) is 29.8. The number of likely N-dealkylation sites (N-methyl/N-ethyl adjacent to an activating group) is 1. The lowest BCUT2D eigenvalue weighted by Crippen LogP contribution is -2.26. The maximum absolute atomic E-state index is 12.9. The number of aromatic nitrogens is 1. The third kappa shape index (κ3) is 4.54. The SMILES string of the molecule is CCOC(=O)c1[nH]c(C)c(C(=O)CN(C)Cc2cccc(OC)c2OC)c1C. The molecule has 0 unspecified atom stereocenters. The van der Waals surface area contributed by atoms with Gasteiger partial charge in [0, 0.05) is 23.4 Å². The number of rotatable bonds is 9. The molecular formula is C21H28N2O5. The smallest absolute Gasteiger partial charge is 0.355 e. The minimum atomic E-state index is -0.448. The number of para-hydroxylation sites is 1. The van der Waals surface area contributed by atoms with Crippen LogP contribution in [-0.4, -0.2) is 56.1 Å². The average molecular weight is 388 g/mol. The van der Waals surface area contributed by atoms with Gasteiger partial charge in [0.2, 0.25) is 0 Å². The average Bonchev–Trinajstić information content (AvgIpc) is 2.95. The molecule has 1 heterocycles. The van der Waals surface area contributed by atoms with Crippen LogP contribution in [0.1, 0.15) is 44.6 Å². The lowest BCUT2D eigenvalue weighted by atomic mass is 10.0. The van der Waals surface area contributed by atoms with E-state index in [0.29, 0.717) is 40.6 Å². The van der Waals surface area contributed by atoms with Gasteiger partial charge in [-0.3, -0.25) is 9.69 Å². The fourth-order valence-corrected chi connectivity index (χ4v) is 3.32. The van der Waals surface area contributed by atoms with Crippen molar-refractivity contribution in [1.29, 1.82) is 0 Å². The Morgan fingerprint density at radius 3 is 2.46 bits per heavy atom. The summed E-state index contributed by atoms with van der Waals surface area (Å²) in [5, 5.41) is 0. The molecule has 0 aliphatic carbocycles. The molecule has 0 spiro atoms. The van der Waals surface area contributed by atoms with Crippen LogP contribution in [0.15, 0.2) is 18.2 Å². The van der Waals surface area contributed by atoms with E-state index < -0.39 is 5.97 Å². The normalized spacial score (nSPS) is 10.8. The Kier molecular flexibility index (Phi) is 7.23. The first-order valence-corrected chi connectivity index (χ1v) is 9.11. The molecule has 7 heteroatoms. The predicted octanol–water partition coefficient (Wildman–Crippen LogP) is 3.14. The molecule has 1 aromatic heterocycles. The molecule has 0 bridgehead atoms. The number of Topliss-reactive ketones (excluding diaryl/α,β-unsaturated/α-hetero) is 1. The van der Waals surface area contributed by atoms with Gasteiger partial charge in [0.1, 0.15) is 5.69 Å². The molecule has 1 N–H and O–H groups in total. The number of nitrogens with zero attached hydrogens (tertiary/aromatic N) is 1. The Hall–Kier alpha value is -2.80. The monoisotopic (exact) mass is 388 g/mol. The van der Waals surface area contributed by atoms with Crippen molar-refractivity contribution in [2.24, 2.45) is 0 Å². The number of esters is 1. The van der Waals surface area contributed by atoms with Crippen LogP contribution in [0.4, 0.5) is 0 Å². The minimum absolute atomic E-state index is 0.0637. The Morgan fingerprint density at radius 2 is 1.86 bits per heavy atom. The summed E-state index contributed by atoms with van der Waals surface area (Å²) in [7, 11) is 5.05. The zero-order valence-electron chi connectivity index (χ0n) is 17.3. The van der Waals surface area contributed by atoms with Crippen LogP contribution < -0.4 is 9.47 Å². The standard InChI is InChI=1S/C21H28N2O5/c1-7-28-21(25)19-13(2)18(14(3)22-19)16(24)12-23(4)11-15-9-8-10-17(26-5)20(15)27-6/h8-10,22H,7,11-12H2,1-6H3. The molecule has 0 amide bonds. The molecule has 0 fully saturated rings.